The molecule has 110 valence electrons. The number of hydrogen-bond donors (Lipinski definition) is 1. The molecule has 0 aromatic heterocycles. The van der Waals surface area contributed by atoms with Gasteiger partial charge in [0.2, 0.25) is 5.91 Å². The van der Waals surface area contributed by atoms with Crippen molar-refractivity contribution in [3.63, 3.8) is 0 Å². The van der Waals surface area contributed by atoms with E-state index in [-0.39, 0.29) is 18.1 Å². The van der Waals surface area contributed by atoms with Gasteiger partial charge in [0.1, 0.15) is 11.6 Å². The van der Waals surface area contributed by atoms with E-state index in [2.05, 4.69) is 5.32 Å². The quantitative estimate of drug-likeness (QED) is 0.886. The number of rotatable bonds is 6. The molecule has 4 heteroatoms. The molecule has 0 atom stereocenters. The minimum absolute atomic E-state index is 0.0941. The largest absolute Gasteiger partial charge is 0.494 e. The summed E-state index contributed by atoms with van der Waals surface area (Å²) in [6.45, 7) is 2.98. The Hall–Kier alpha value is -2.36. The van der Waals surface area contributed by atoms with Crippen molar-refractivity contribution in [2.75, 3.05) is 6.61 Å². The molecule has 1 N–H and O–H groups in total. The summed E-state index contributed by atoms with van der Waals surface area (Å²) in [6.07, 6.45) is 0.241. The van der Waals surface area contributed by atoms with Gasteiger partial charge in [-0.1, -0.05) is 24.3 Å². The highest BCUT2D eigenvalue weighted by Crippen LogP contribution is 2.13. The smallest absolute Gasteiger partial charge is 0.224 e. The lowest BCUT2D eigenvalue weighted by atomic mass is 10.1. The van der Waals surface area contributed by atoms with Gasteiger partial charge in [0, 0.05) is 6.54 Å². The first-order valence-electron chi connectivity index (χ1n) is 6.90. The van der Waals surface area contributed by atoms with Gasteiger partial charge in [-0.3, -0.25) is 4.79 Å². The Morgan fingerprint density at radius 3 is 2.62 bits per heavy atom. The van der Waals surface area contributed by atoms with Crippen LogP contribution in [0, 0.1) is 5.82 Å². The highest BCUT2D eigenvalue weighted by Gasteiger charge is 2.04. The molecule has 0 saturated carbocycles. The fourth-order valence-corrected chi connectivity index (χ4v) is 1.96. The van der Waals surface area contributed by atoms with Crippen LogP contribution in [-0.2, 0) is 17.8 Å². The zero-order valence-corrected chi connectivity index (χ0v) is 11.9. The Balaban J connectivity index is 1.86. The van der Waals surface area contributed by atoms with Crippen molar-refractivity contribution < 1.29 is 13.9 Å². The molecule has 0 heterocycles. The number of benzene rings is 2. The maximum atomic E-state index is 12.8. The van der Waals surface area contributed by atoms with E-state index in [9.17, 15) is 9.18 Å². The van der Waals surface area contributed by atoms with Gasteiger partial charge >= 0.3 is 0 Å². The molecule has 3 nitrogen and oxygen atoms in total. The topological polar surface area (TPSA) is 38.3 Å². The maximum Gasteiger partial charge on any atom is 0.224 e. The van der Waals surface area contributed by atoms with Crippen LogP contribution >= 0.6 is 0 Å². The van der Waals surface area contributed by atoms with Crippen molar-refractivity contribution in [1.82, 2.24) is 5.32 Å². The molecule has 0 radical (unpaired) electrons. The summed E-state index contributed by atoms with van der Waals surface area (Å²) >= 11 is 0. The highest BCUT2D eigenvalue weighted by molar-refractivity contribution is 5.78. The predicted molar refractivity (Wildman–Crippen MR) is 79.6 cm³/mol. The summed E-state index contributed by atoms with van der Waals surface area (Å²) in [5, 5.41) is 2.84. The van der Waals surface area contributed by atoms with E-state index in [4.69, 9.17) is 4.74 Å². The number of nitrogens with one attached hydrogen (secondary N) is 1. The number of hydrogen-bond acceptors (Lipinski definition) is 2. The summed E-state index contributed by atoms with van der Waals surface area (Å²) in [4.78, 5) is 11.8. The molecule has 1 amide bonds. The second-order valence-electron chi connectivity index (χ2n) is 4.66. The molecule has 0 saturated heterocycles. The zero-order valence-electron chi connectivity index (χ0n) is 11.9. The molecular weight excluding hydrogens is 269 g/mol. The van der Waals surface area contributed by atoms with Gasteiger partial charge in [-0.15, -0.1) is 0 Å². The fourth-order valence-electron chi connectivity index (χ4n) is 1.96. The number of carbonyl (C=O) groups is 1. The lowest BCUT2D eigenvalue weighted by molar-refractivity contribution is -0.120. The van der Waals surface area contributed by atoms with Crippen molar-refractivity contribution in [3.8, 4) is 5.75 Å². The third-order valence-electron chi connectivity index (χ3n) is 2.98. The highest BCUT2D eigenvalue weighted by atomic mass is 19.1. The lowest BCUT2D eigenvalue weighted by Crippen LogP contribution is -2.24. The molecule has 2 aromatic carbocycles. The van der Waals surface area contributed by atoms with E-state index in [0.717, 1.165) is 16.9 Å². The van der Waals surface area contributed by atoms with Gasteiger partial charge in [0.25, 0.3) is 0 Å². The average molecular weight is 287 g/mol. The van der Waals surface area contributed by atoms with Crippen molar-refractivity contribution >= 4 is 5.91 Å². The van der Waals surface area contributed by atoms with Crippen LogP contribution < -0.4 is 10.1 Å². The second kappa shape index (κ2) is 7.43. The van der Waals surface area contributed by atoms with E-state index in [1.165, 1.54) is 12.1 Å². The molecule has 0 aliphatic rings. The Morgan fingerprint density at radius 2 is 1.90 bits per heavy atom. The predicted octanol–water partition coefficient (Wildman–Crippen LogP) is 3.08. The standard InChI is InChI=1S/C17H18FNO2/c1-2-21-16-5-3-4-14(10-16)12-19-17(20)11-13-6-8-15(18)9-7-13/h3-10H,2,11-12H2,1H3,(H,19,20). The van der Waals surface area contributed by atoms with Crippen LogP contribution in [0.1, 0.15) is 18.1 Å². The third kappa shape index (κ3) is 4.91. The van der Waals surface area contributed by atoms with Gasteiger partial charge in [-0.05, 0) is 42.3 Å². The van der Waals surface area contributed by atoms with E-state index in [1.54, 1.807) is 12.1 Å². The summed E-state index contributed by atoms with van der Waals surface area (Å²) in [5.74, 6) is 0.401. The van der Waals surface area contributed by atoms with Gasteiger partial charge in [0.05, 0.1) is 13.0 Å². The van der Waals surface area contributed by atoms with Crippen molar-refractivity contribution in [2.24, 2.45) is 0 Å². The molecule has 0 aliphatic carbocycles. The van der Waals surface area contributed by atoms with E-state index in [0.29, 0.717) is 13.2 Å². The van der Waals surface area contributed by atoms with Gasteiger partial charge in [0.15, 0.2) is 0 Å². The Bertz CT molecular complexity index is 596. The molecule has 0 aliphatic heterocycles. The number of carbonyl (C=O) groups excluding carboxylic acids is 1. The molecule has 2 aromatic rings. The first kappa shape index (κ1) is 15.0. The molecule has 21 heavy (non-hydrogen) atoms. The normalized spacial score (nSPS) is 10.2. The van der Waals surface area contributed by atoms with Crippen LogP contribution in [0.25, 0.3) is 0 Å². The van der Waals surface area contributed by atoms with E-state index < -0.39 is 0 Å². The van der Waals surface area contributed by atoms with Crippen molar-refractivity contribution in [1.29, 1.82) is 0 Å². The SMILES string of the molecule is CCOc1cccc(CNC(=O)Cc2ccc(F)cc2)c1. The van der Waals surface area contributed by atoms with Crippen LogP contribution in [0.5, 0.6) is 5.75 Å². The first-order chi connectivity index (χ1) is 10.2. The Morgan fingerprint density at radius 1 is 1.14 bits per heavy atom. The summed E-state index contributed by atoms with van der Waals surface area (Å²) in [7, 11) is 0. The van der Waals surface area contributed by atoms with Crippen molar-refractivity contribution in [3.05, 3.63) is 65.5 Å². The molecule has 0 fully saturated rings. The van der Waals surface area contributed by atoms with Crippen LogP contribution in [0.2, 0.25) is 0 Å². The van der Waals surface area contributed by atoms with Crippen LogP contribution in [-0.4, -0.2) is 12.5 Å². The summed E-state index contributed by atoms with van der Waals surface area (Å²) < 4.78 is 18.2. The second-order valence-corrected chi connectivity index (χ2v) is 4.66. The minimum Gasteiger partial charge on any atom is -0.494 e. The monoisotopic (exact) mass is 287 g/mol. The fraction of sp³-hybridized carbons (Fsp3) is 0.235. The summed E-state index contributed by atoms with van der Waals surface area (Å²) in [6, 6.07) is 13.6. The maximum absolute atomic E-state index is 12.8. The number of halogens is 1. The van der Waals surface area contributed by atoms with Crippen LogP contribution in [0.4, 0.5) is 4.39 Å². The minimum atomic E-state index is -0.299. The van der Waals surface area contributed by atoms with E-state index >= 15 is 0 Å². The average Bonchev–Trinajstić information content (AvgIpc) is 2.48. The number of amides is 1. The zero-order chi connectivity index (χ0) is 15.1. The van der Waals surface area contributed by atoms with Gasteiger partial charge in [-0.25, -0.2) is 4.39 Å². The Kier molecular flexibility index (Phi) is 5.32. The van der Waals surface area contributed by atoms with Crippen molar-refractivity contribution in [2.45, 2.75) is 19.9 Å². The third-order valence-corrected chi connectivity index (χ3v) is 2.98. The molecule has 0 spiro atoms. The van der Waals surface area contributed by atoms with Crippen LogP contribution in [0.3, 0.4) is 0 Å². The van der Waals surface area contributed by atoms with E-state index in [1.807, 2.05) is 31.2 Å². The number of ether oxygens (including phenoxy) is 1. The lowest BCUT2D eigenvalue weighted by Gasteiger charge is -2.08. The van der Waals surface area contributed by atoms with Gasteiger partial charge in [-0.2, -0.15) is 0 Å². The van der Waals surface area contributed by atoms with Gasteiger partial charge < -0.3 is 10.1 Å². The molecule has 0 unspecified atom stereocenters. The molecule has 2 rings (SSSR count). The molecular formula is C17H18FNO2. The molecule has 0 bridgehead atoms. The summed E-state index contributed by atoms with van der Waals surface area (Å²) in [5.41, 5.74) is 1.77. The van der Waals surface area contributed by atoms with Crippen LogP contribution in [0.15, 0.2) is 48.5 Å². The Labute approximate surface area is 123 Å². The first-order valence-corrected chi connectivity index (χ1v) is 6.90.